The first-order valence-electron chi connectivity index (χ1n) is 3.04. The molecule has 0 bridgehead atoms. The van der Waals surface area contributed by atoms with Crippen LogP contribution < -0.4 is 0 Å². The third-order valence-electron chi connectivity index (χ3n) is 0.721. The lowest BCUT2D eigenvalue weighted by atomic mass is 10.5. The van der Waals surface area contributed by atoms with Crippen molar-refractivity contribution in [1.82, 2.24) is 0 Å². The lowest BCUT2D eigenvalue weighted by molar-refractivity contribution is 0.167. The smallest absolute Gasteiger partial charge is 0.106 e. The molecule has 0 aliphatic carbocycles. The molecule has 0 atom stereocenters. The highest BCUT2D eigenvalue weighted by Crippen LogP contribution is 1.77. The van der Waals surface area contributed by atoms with Gasteiger partial charge in [0.25, 0.3) is 0 Å². The lowest BCUT2D eigenvalue weighted by Gasteiger charge is -1.93. The monoisotopic (exact) mass is 131 g/mol. The van der Waals surface area contributed by atoms with Gasteiger partial charge in [-0.3, -0.25) is 0 Å². The van der Waals surface area contributed by atoms with Gasteiger partial charge in [0.05, 0.1) is 12.8 Å². The molecule has 0 aromatic carbocycles. The summed E-state index contributed by atoms with van der Waals surface area (Å²) in [5.41, 5.74) is 0. The summed E-state index contributed by atoms with van der Waals surface area (Å²) in [6.07, 6.45) is 2.64. The highest BCUT2D eigenvalue weighted by molar-refractivity contribution is 5.57. The fourth-order valence-corrected chi connectivity index (χ4v) is 0.385. The van der Waals surface area contributed by atoms with Crippen molar-refractivity contribution in [2.75, 3.05) is 20.3 Å². The molecular weight excluding hydrogens is 118 g/mol. The van der Waals surface area contributed by atoms with Gasteiger partial charge in [0.15, 0.2) is 0 Å². The van der Waals surface area contributed by atoms with Crippen molar-refractivity contribution in [2.24, 2.45) is 5.16 Å². The lowest BCUT2D eigenvalue weighted by Crippen LogP contribution is -1.96. The largest absolute Gasteiger partial charge is 0.399 e. The second-order valence-corrected chi connectivity index (χ2v) is 1.55. The van der Waals surface area contributed by atoms with Gasteiger partial charge in [-0.25, -0.2) is 0 Å². The van der Waals surface area contributed by atoms with Crippen LogP contribution in [0.4, 0.5) is 0 Å². The van der Waals surface area contributed by atoms with E-state index in [1.54, 1.807) is 6.21 Å². The van der Waals surface area contributed by atoms with Crippen molar-refractivity contribution in [2.45, 2.75) is 13.3 Å². The van der Waals surface area contributed by atoms with Crippen molar-refractivity contribution in [1.29, 1.82) is 0 Å². The molecule has 0 N–H and O–H groups in total. The Morgan fingerprint density at radius 1 is 1.56 bits per heavy atom. The van der Waals surface area contributed by atoms with Crippen LogP contribution in [0.3, 0.4) is 0 Å². The van der Waals surface area contributed by atoms with E-state index in [0.29, 0.717) is 6.61 Å². The maximum absolute atomic E-state index is 5.06. The standard InChI is InChI=1S/C6H13NO2/c1-3-5-9-6-4-7-8-2/h4H,3,5-6H2,1-2H3. The average Bonchev–Trinajstić information content (AvgIpc) is 1.89. The van der Waals surface area contributed by atoms with E-state index in [1.165, 1.54) is 7.11 Å². The molecule has 0 rings (SSSR count). The molecule has 0 aliphatic rings. The molecule has 0 saturated heterocycles. The molecule has 3 heteroatoms. The molecule has 0 unspecified atom stereocenters. The van der Waals surface area contributed by atoms with Crippen LogP contribution in [0.5, 0.6) is 0 Å². The van der Waals surface area contributed by atoms with Crippen molar-refractivity contribution < 1.29 is 9.57 Å². The number of ether oxygens (including phenoxy) is 1. The summed E-state index contributed by atoms with van der Waals surface area (Å²) in [6.45, 7) is 3.39. The second-order valence-electron chi connectivity index (χ2n) is 1.55. The van der Waals surface area contributed by atoms with Crippen LogP contribution in [-0.2, 0) is 9.57 Å². The minimum absolute atomic E-state index is 0.543. The Bertz CT molecular complexity index is 73.5. The SMILES string of the molecule is CCCOCC=NOC. The summed E-state index contributed by atoms with van der Waals surface area (Å²) in [6, 6.07) is 0. The van der Waals surface area contributed by atoms with Crippen molar-refractivity contribution in [3.05, 3.63) is 0 Å². The molecule has 0 amide bonds. The zero-order valence-corrected chi connectivity index (χ0v) is 5.96. The molecule has 0 heterocycles. The highest BCUT2D eigenvalue weighted by Gasteiger charge is 1.78. The number of nitrogens with zero attached hydrogens (tertiary/aromatic N) is 1. The molecule has 0 fully saturated rings. The van der Waals surface area contributed by atoms with E-state index < -0.39 is 0 Å². The van der Waals surface area contributed by atoms with E-state index in [2.05, 4.69) is 16.9 Å². The molecule has 0 aromatic heterocycles. The van der Waals surface area contributed by atoms with Crippen LogP contribution in [-0.4, -0.2) is 26.5 Å². The third-order valence-corrected chi connectivity index (χ3v) is 0.721. The predicted octanol–water partition coefficient (Wildman–Crippen LogP) is 1.05. The van der Waals surface area contributed by atoms with Gasteiger partial charge in [-0.1, -0.05) is 12.1 Å². The summed E-state index contributed by atoms with van der Waals surface area (Å²) in [5, 5.41) is 3.49. The molecule has 0 radical (unpaired) electrons. The Morgan fingerprint density at radius 2 is 2.33 bits per heavy atom. The van der Waals surface area contributed by atoms with Crippen molar-refractivity contribution in [3.63, 3.8) is 0 Å². The van der Waals surface area contributed by atoms with E-state index in [4.69, 9.17) is 4.74 Å². The average molecular weight is 131 g/mol. The Morgan fingerprint density at radius 3 is 2.89 bits per heavy atom. The molecule has 0 spiro atoms. The van der Waals surface area contributed by atoms with Crippen LogP contribution in [0.1, 0.15) is 13.3 Å². The fraction of sp³-hybridized carbons (Fsp3) is 0.833. The van der Waals surface area contributed by atoms with Crippen LogP contribution in [0.25, 0.3) is 0 Å². The summed E-state index contributed by atoms with van der Waals surface area (Å²) in [7, 11) is 1.51. The minimum atomic E-state index is 0.543. The minimum Gasteiger partial charge on any atom is -0.399 e. The van der Waals surface area contributed by atoms with Gasteiger partial charge in [0, 0.05) is 6.61 Å². The first-order chi connectivity index (χ1) is 4.41. The summed E-state index contributed by atoms with van der Waals surface area (Å²) in [4.78, 5) is 4.41. The van der Waals surface area contributed by atoms with Gasteiger partial charge in [-0.2, -0.15) is 0 Å². The van der Waals surface area contributed by atoms with E-state index in [-0.39, 0.29) is 0 Å². The summed E-state index contributed by atoms with van der Waals surface area (Å²) < 4.78 is 5.06. The van der Waals surface area contributed by atoms with Crippen molar-refractivity contribution in [3.8, 4) is 0 Å². The van der Waals surface area contributed by atoms with E-state index in [1.807, 2.05) is 0 Å². The summed E-state index contributed by atoms with van der Waals surface area (Å²) in [5.74, 6) is 0. The van der Waals surface area contributed by atoms with Crippen molar-refractivity contribution >= 4 is 6.21 Å². The molecule has 3 nitrogen and oxygen atoms in total. The van der Waals surface area contributed by atoms with Crippen LogP contribution >= 0.6 is 0 Å². The first kappa shape index (κ1) is 8.43. The van der Waals surface area contributed by atoms with E-state index >= 15 is 0 Å². The van der Waals surface area contributed by atoms with Crippen LogP contribution in [0, 0.1) is 0 Å². The normalized spacial score (nSPS) is 10.4. The number of hydrogen-bond acceptors (Lipinski definition) is 3. The van der Waals surface area contributed by atoms with Gasteiger partial charge >= 0.3 is 0 Å². The molecule has 0 aliphatic heterocycles. The highest BCUT2D eigenvalue weighted by atomic mass is 16.6. The molecule has 54 valence electrons. The molecule has 0 aromatic rings. The van der Waals surface area contributed by atoms with Gasteiger partial charge < -0.3 is 9.57 Å². The maximum atomic E-state index is 5.06. The zero-order valence-electron chi connectivity index (χ0n) is 5.96. The van der Waals surface area contributed by atoms with Gasteiger partial charge in [-0.05, 0) is 6.42 Å². The Labute approximate surface area is 55.6 Å². The molecule has 9 heavy (non-hydrogen) atoms. The Balaban J connectivity index is 2.82. The second kappa shape index (κ2) is 7.43. The fourth-order valence-electron chi connectivity index (χ4n) is 0.385. The predicted molar refractivity (Wildman–Crippen MR) is 36.6 cm³/mol. The molecular formula is C6H13NO2. The van der Waals surface area contributed by atoms with Gasteiger partial charge in [0.2, 0.25) is 0 Å². The molecule has 0 saturated carbocycles. The third kappa shape index (κ3) is 7.43. The Hall–Kier alpha value is -0.570. The quantitative estimate of drug-likeness (QED) is 0.317. The number of rotatable bonds is 5. The van der Waals surface area contributed by atoms with E-state index in [0.717, 1.165) is 13.0 Å². The first-order valence-corrected chi connectivity index (χ1v) is 3.04. The maximum Gasteiger partial charge on any atom is 0.106 e. The number of oxime groups is 1. The summed E-state index contributed by atoms with van der Waals surface area (Å²) >= 11 is 0. The van der Waals surface area contributed by atoms with Gasteiger partial charge in [-0.15, -0.1) is 0 Å². The number of hydrogen-bond donors (Lipinski definition) is 0. The zero-order chi connectivity index (χ0) is 6.95. The topological polar surface area (TPSA) is 30.8 Å². The van der Waals surface area contributed by atoms with Gasteiger partial charge in [0.1, 0.15) is 7.11 Å². The van der Waals surface area contributed by atoms with Crippen LogP contribution in [0.15, 0.2) is 5.16 Å². The Kier molecular flexibility index (Phi) is 6.96. The van der Waals surface area contributed by atoms with E-state index in [9.17, 15) is 0 Å². The van der Waals surface area contributed by atoms with Crippen LogP contribution in [0.2, 0.25) is 0 Å².